The molecule has 2 aromatic carbocycles. The summed E-state index contributed by atoms with van der Waals surface area (Å²) in [6.45, 7) is 9.56. The van der Waals surface area contributed by atoms with Crippen LogP contribution in [-0.2, 0) is 14.3 Å². The van der Waals surface area contributed by atoms with E-state index in [1.165, 1.54) is 22.8 Å². The first-order chi connectivity index (χ1) is 19.2. The van der Waals surface area contributed by atoms with Gasteiger partial charge in [0.1, 0.15) is 5.75 Å². The minimum Gasteiger partial charge on any atom is -0.494 e. The normalized spacial score (nSPS) is 14.8. The van der Waals surface area contributed by atoms with E-state index < -0.39 is 18.0 Å². The van der Waals surface area contributed by atoms with Crippen molar-refractivity contribution in [1.29, 1.82) is 0 Å². The summed E-state index contributed by atoms with van der Waals surface area (Å²) in [5.74, 6) is 0.301. The van der Waals surface area contributed by atoms with E-state index in [2.05, 4.69) is 20.9 Å². The third-order valence-corrected chi connectivity index (χ3v) is 7.47. The van der Waals surface area contributed by atoms with Gasteiger partial charge in [-0.2, -0.15) is 0 Å². The summed E-state index contributed by atoms with van der Waals surface area (Å²) < 4.78 is 24.4. The van der Waals surface area contributed by atoms with Gasteiger partial charge in [0, 0.05) is 6.92 Å². The zero-order valence-corrected chi connectivity index (χ0v) is 25.2. The van der Waals surface area contributed by atoms with E-state index in [0.29, 0.717) is 55.4 Å². The molecule has 1 aliphatic heterocycles. The molecule has 4 rings (SSSR count). The number of nitrogens with zero attached hydrogens (tertiary/aromatic N) is 2. The Bertz CT molecular complexity index is 1650. The fraction of sp³-hybridized carbons (Fsp3) is 0.310. The number of carbonyl (C=O) groups is 2. The maximum absolute atomic E-state index is 13.9. The van der Waals surface area contributed by atoms with E-state index >= 15 is 0 Å². The minimum absolute atomic E-state index is 0.191. The molecule has 0 amide bonds. The molecule has 1 aromatic heterocycles. The molecular formula is C29H29BrN2O7S. The van der Waals surface area contributed by atoms with Crippen molar-refractivity contribution in [2.45, 2.75) is 40.7 Å². The smallest absolute Gasteiger partial charge is 0.338 e. The summed E-state index contributed by atoms with van der Waals surface area (Å²) in [5, 5.41) is 0. The number of carbonyl (C=O) groups excluding carboxylic acids is 2. The van der Waals surface area contributed by atoms with E-state index in [9.17, 15) is 14.4 Å². The molecule has 0 N–H and O–H groups in total. The van der Waals surface area contributed by atoms with Crippen LogP contribution in [0.15, 0.2) is 61.9 Å². The number of aromatic nitrogens is 1. The van der Waals surface area contributed by atoms with Gasteiger partial charge >= 0.3 is 11.9 Å². The molecule has 0 radical (unpaired) electrons. The van der Waals surface area contributed by atoms with E-state index in [1.54, 1.807) is 32.1 Å². The lowest BCUT2D eigenvalue weighted by Gasteiger charge is -2.24. The lowest BCUT2D eigenvalue weighted by atomic mass is 9.96. The van der Waals surface area contributed by atoms with Crippen molar-refractivity contribution < 1.29 is 28.5 Å². The molecular weight excluding hydrogens is 600 g/mol. The van der Waals surface area contributed by atoms with Crippen LogP contribution in [0.5, 0.6) is 17.2 Å². The molecule has 0 saturated heterocycles. The number of benzene rings is 2. The third kappa shape index (κ3) is 6.05. The highest BCUT2D eigenvalue weighted by Gasteiger charge is 2.33. The molecule has 210 valence electrons. The topological polar surface area (TPSA) is 105 Å². The van der Waals surface area contributed by atoms with Crippen LogP contribution in [0.3, 0.4) is 0 Å². The van der Waals surface area contributed by atoms with E-state index in [0.717, 1.165) is 5.56 Å². The monoisotopic (exact) mass is 628 g/mol. The molecule has 11 heteroatoms. The molecule has 1 atom stereocenters. The molecule has 0 saturated carbocycles. The molecule has 0 unspecified atom stereocenters. The molecule has 40 heavy (non-hydrogen) atoms. The van der Waals surface area contributed by atoms with Crippen LogP contribution in [0.1, 0.15) is 51.8 Å². The lowest BCUT2D eigenvalue weighted by Crippen LogP contribution is -2.39. The van der Waals surface area contributed by atoms with Crippen LogP contribution >= 0.6 is 27.3 Å². The summed E-state index contributed by atoms with van der Waals surface area (Å²) in [5.41, 5.74) is 1.85. The number of fused-ring (bicyclic) bond motifs is 1. The van der Waals surface area contributed by atoms with Crippen molar-refractivity contribution in [1.82, 2.24) is 4.57 Å². The van der Waals surface area contributed by atoms with E-state index in [4.69, 9.17) is 18.9 Å². The second-order valence-corrected chi connectivity index (χ2v) is 10.5. The van der Waals surface area contributed by atoms with Gasteiger partial charge in [-0.15, -0.1) is 0 Å². The van der Waals surface area contributed by atoms with Crippen molar-refractivity contribution in [3.05, 3.63) is 83.0 Å². The van der Waals surface area contributed by atoms with Crippen molar-refractivity contribution in [3.8, 4) is 17.2 Å². The van der Waals surface area contributed by atoms with Crippen LogP contribution in [-0.4, -0.2) is 36.3 Å². The zero-order valence-electron chi connectivity index (χ0n) is 22.8. The Morgan fingerprint density at radius 3 is 2.40 bits per heavy atom. The standard InChI is InChI=1S/C29H29BrN2O7S/c1-6-36-20-11-9-19(10-12-20)25-24(28(35)38-8-3)16(4)31-29-32(25)27(34)23(40-29)15-18-13-21(30)26(39-17(5)33)22(14-18)37-7-2/h9-15,25H,6-8H2,1-5H3/b23-15-/t25-/m0/s1. The first kappa shape index (κ1) is 29.3. The van der Waals surface area contributed by atoms with Crippen LogP contribution < -0.4 is 29.1 Å². The fourth-order valence-corrected chi connectivity index (χ4v) is 5.94. The van der Waals surface area contributed by atoms with Gasteiger partial charge in [-0.05, 0) is 85.1 Å². The molecule has 0 spiro atoms. The van der Waals surface area contributed by atoms with Gasteiger partial charge < -0.3 is 18.9 Å². The Balaban J connectivity index is 1.89. The Kier molecular flexibility index (Phi) is 9.26. The Morgan fingerprint density at radius 1 is 1.07 bits per heavy atom. The number of halogens is 1. The van der Waals surface area contributed by atoms with Crippen molar-refractivity contribution in [2.24, 2.45) is 4.99 Å². The molecule has 1 aliphatic rings. The average molecular weight is 630 g/mol. The van der Waals surface area contributed by atoms with Crippen LogP contribution in [0, 0.1) is 0 Å². The summed E-state index contributed by atoms with van der Waals surface area (Å²) in [4.78, 5) is 43.6. The summed E-state index contributed by atoms with van der Waals surface area (Å²) >= 11 is 4.66. The number of allylic oxidation sites excluding steroid dienone is 1. The minimum atomic E-state index is -0.731. The number of ether oxygens (including phenoxy) is 4. The number of esters is 2. The van der Waals surface area contributed by atoms with Crippen molar-refractivity contribution >= 4 is 45.3 Å². The average Bonchev–Trinajstić information content (AvgIpc) is 3.20. The maximum Gasteiger partial charge on any atom is 0.338 e. The Hall–Kier alpha value is -3.70. The molecule has 0 fully saturated rings. The predicted molar refractivity (Wildman–Crippen MR) is 155 cm³/mol. The number of rotatable bonds is 9. The van der Waals surface area contributed by atoms with Gasteiger partial charge in [0.25, 0.3) is 5.56 Å². The van der Waals surface area contributed by atoms with Gasteiger partial charge in [0.15, 0.2) is 16.3 Å². The van der Waals surface area contributed by atoms with Crippen molar-refractivity contribution in [2.75, 3.05) is 19.8 Å². The van der Waals surface area contributed by atoms with Gasteiger partial charge in [-0.1, -0.05) is 23.5 Å². The predicted octanol–water partition coefficient (Wildman–Crippen LogP) is 4.28. The molecule has 9 nitrogen and oxygen atoms in total. The van der Waals surface area contributed by atoms with Crippen LogP contribution in [0.2, 0.25) is 0 Å². The number of thiazole rings is 1. The molecule has 2 heterocycles. The second-order valence-electron chi connectivity index (χ2n) is 8.66. The molecule has 0 aliphatic carbocycles. The summed E-state index contributed by atoms with van der Waals surface area (Å²) in [6, 6.07) is 10.00. The fourth-order valence-electron chi connectivity index (χ4n) is 4.35. The van der Waals surface area contributed by atoms with Crippen molar-refractivity contribution in [3.63, 3.8) is 0 Å². The van der Waals surface area contributed by atoms with Gasteiger partial charge in [0.05, 0.1) is 46.1 Å². The first-order valence-electron chi connectivity index (χ1n) is 12.8. The highest BCUT2D eigenvalue weighted by molar-refractivity contribution is 9.10. The van der Waals surface area contributed by atoms with Gasteiger partial charge in [-0.3, -0.25) is 14.2 Å². The highest BCUT2D eigenvalue weighted by atomic mass is 79.9. The molecule has 3 aromatic rings. The Labute approximate surface area is 243 Å². The van der Waals surface area contributed by atoms with E-state index in [1.807, 2.05) is 38.1 Å². The van der Waals surface area contributed by atoms with Gasteiger partial charge in [0.2, 0.25) is 0 Å². The third-order valence-electron chi connectivity index (χ3n) is 5.90. The summed E-state index contributed by atoms with van der Waals surface area (Å²) in [7, 11) is 0. The zero-order chi connectivity index (χ0) is 29.0. The number of hydrogen-bond acceptors (Lipinski definition) is 9. The maximum atomic E-state index is 13.9. The van der Waals surface area contributed by atoms with Crippen LogP contribution in [0.25, 0.3) is 6.08 Å². The van der Waals surface area contributed by atoms with Crippen LogP contribution in [0.4, 0.5) is 0 Å². The second kappa shape index (κ2) is 12.6. The quantitative estimate of drug-likeness (QED) is 0.257. The first-order valence-corrected chi connectivity index (χ1v) is 14.4. The highest BCUT2D eigenvalue weighted by Crippen LogP contribution is 2.37. The number of hydrogen-bond donors (Lipinski definition) is 0. The SMILES string of the molecule is CCOC(=O)C1=C(C)N=c2s/c(=C\c3cc(Br)c(OC(C)=O)c(OCC)c3)c(=O)n2[C@H]1c1ccc(OCC)cc1. The van der Waals surface area contributed by atoms with E-state index in [-0.39, 0.29) is 17.9 Å². The summed E-state index contributed by atoms with van der Waals surface area (Å²) in [6.07, 6.45) is 1.72. The Morgan fingerprint density at radius 2 is 1.77 bits per heavy atom. The largest absolute Gasteiger partial charge is 0.494 e. The van der Waals surface area contributed by atoms with Gasteiger partial charge in [-0.25, -0.2) is 9.79 Å². The molecule has 0 bridgehead atoms. The lowest BCUT2D eigenvalue weighted by molar-refractivity contribution is -0.139.